The highest BCUT2D eigenvalue weighted by Crippen LogP contribution is 2.39. The summed E-state index contributed by atoms with van der Waals surface area (Å²) in [6.45, 7) is 2.17. The molecule has 2 fully saturated rings. The molecular formula is C35H51F. The zero-order chi connectivity index (χ0) is 25.0. The molecule has 2 aromatic rings. The summed E-state index contributed by atoms with van der Waals surface area (Å²) in [6.07, 6.45) is 21.9. The van der Waals surface area contributed by atoms with E-state index in [-0.39, 0.29) is 6.67 Å². The number of unbranched alkanes of at least 4 members (excludes halogenated alkanes) is 3. The van der Waals surface area contributed by atoms with Crippen LogP contribution in [0, 0.1) is 11.8 Å². The van der Waals surface area contributed by atoms with Crippen LogP contribution in [0.15, 0.2) is 48.5 Å². The van der Waals surface area contributed by atoms with E-state index in [4.69, 9.17) is 0 Å². The number of alkyl halides is 1. The van der Waals surface area contributed by atoms with E-state index in [9.17, 15) is 4.39 Å². The fourth-order valence-corrected chi connectivity index (χ4v) is 6.97. The molecule has 0 heterocycles. The van der Waals surface area contributed by atoms with Crippen LogP contribution in [0.5, 0.6) is 0 Å². The summed E-state index contributed by atoms with van der Waals surface area (Å²) in [6, 6.07) is 19.2. The third kappa shape index (κ3) is 8.46. The normalized spacial score (nSPS) is 24.6. The fourth-order valence-electron chi connectivity index (χ4n) is 6.97. The number of benzene rings is 2. The number of halogens is 1. The lowest BCUT2D eigenvalue weighted by atomic mass is 9.77. The molecule has 0 atom stereocenters. The Morgan fingerprint density at radius 2 is 1.00 bits per heavy atom. The average molecular weight is 491 g/mol. The Bertz CT molecular complexity index is 835. The minimum absolute atomic E-state index is 0.144. The molecule has 0 N–H and O–H groups in total. The summed E-state index contributed by atoms with van der Waals surface area (Å²) in [5.41, 5.74) is 6.06. The highest BCUT2D eigenvalue weighted by molar-refractivity contribution is 5.29. The minimum atomic E-state index is -0.144. The Morgan fingerprint density at radius 1 is 0.556 bits per heavy atom. The van der Waals surface area contributed by atoms with Gasteiger partial charge in [-0.05, 0) is 117 Å². The van der Waals surface area contributed by atoms with Crippen LogP contribution in [0.1, 0.15) is 137 Å². The summed E-state index contributed by atoms with van der Waals surface area (Å²) < 4.78 is 12.3. The van der Waals surface area contributed by atoms with E-state index >= 15 is 0 Å². The van der Waals surface area contributed by atoms with Gasteiger partial charge in [0, 0.05) is 0 Å². The number of hydrogen-bond donors (Lipinski definition) is 0. The maximum Gasteiger partial charge on any atom is 0.0894 e. The molecule has 2 aliphatic carbocycles. The zero-order valence-corrected chi connectivity index (χ0v) is 23.0. The Labute approximate surface area is 221 Å². The van der Waals surface area contributed by atoms with E-state index in [0.29, 0.717) is 0 Å². The Hall–Kier alpha value is -1.63. The monoisotopic (exact) mass is 490 g/mol. The quantitative estimate of drug-likeness (QED) is 0.245. The van der Waals surface area contributed by atoms with Gasteiger partial charge in [0.1, 0.15) is 0 Å². The Kier molecular flexibility index (Phi) is 11.4. The van der Waals surface area contributed by atoms with Crippen molar-refractivity contribution in [2.75, 3.05) is 6.67 Å². The zero-order valence-electron chi connectivity index (χ0n) is 23.0. The molecule has 4 rings (SSSR count). The molecule has 0 radical (unpaired) electrons. The number of aryl methyl sites for hydroxylation is 2. The number of hydrogen-bond acceptors (Lipinski definition) is 0. The predicted molar refractivity (Wildman–Crippen MR) is 154 cm³/mol. The first-order valence-electron chi connectivity index (χ1n) is 15.5. The second kappa shape index (κ2) is 14.9. The van der Waals surface area contributed by atoms with Crippen LogP contribution in [0.4, 0.5) is 4.39 Å². The summed E-state index contributed by atoms with van der Waals surface area (Å²) in [7, 11) is 0. The van der Waals surface area contributed by atoms with E-state index in [0.717, 1.165) is 49.4 Å². The standard InChI is InChI=1S/C35H51F/c1-2-3-7-28-11-19-32(20-12-28)34-23-15-30(16-24-34)9-10-31-17-25-35(26-18-31)33-21-13-29(14-22-33)8-5-4-6-27-36/h15-18,23-26,28-29,32-33H,2-14,19-22,27H2,1H3/t28-,29-,32-,33-. The van der Waals surface area contributed by atoms with E-state index in [1.54, 1.807) is 11.1 Å². The van der Waals surface area contributed by atoms with Crippen LogP contribution in [0.3, 0.4) is 0 Å². The molecule has 0 saturated heterocycles. The van der Waals surface area contributed by atoms with E-state index in [1.165, 1.54) is 94.6 Å². The summed E-state index contributed by atoms with van der Waals surface area (Å²) >= 11 is 0. The molecule has 2 aromatic carbocycles. The second-order valence-electron chi connectivity index (χ2n) is 12.1. The van der Waals surface area contributed by atoms with Gasteiger partial charge in [0.05, 0.1) is 6.67 Å². The summed E-state index contributed by atoms with van der Waals surface area (Å²) in [4.78, 5) is 0. The van der Waals surface area contributed by atoms with Crippen LogP contribution in [0.2, 0.25) is 0 Å². The van der Waals surface area contributed by atoms with Gasteiger partial charge >= 0.3 is 0 Å². The van der Waals surface area contributed by atoms with Crippen molar-refractivity contribution in [3.05, 3.63) is 70.8 Å². The predicted octanol–water partition coefficient (Wildman–Crippen LogP) is 10.7. The molecule has 0 amide bonds. The fraction of sp³-hybridized carbons (Fsp3) is 0.657. The van der Waals surface area contributed by atoms with Gasteiger partial charge in [-0.3, -0.25) is 4.39 Å². The van der Waals surface area contributed by atoms with Crippen molar-refractivity contribution >= 4 is 0 Å². The molecular weight excluding hydrogens is 439 g/mol. The van der Waals surface area contributed by atoms with Crippen molar-refractivity contribution in [1.82, 2.24) is 0 Å². The molecule has 2 saturated carbocycles. The molecule has 0 spiro atoms. The van der Waals surface area contributed by atoms with Gasteiger partial charge < -0.3 is 0 Å². The first-order valence-corrected chi connectivity index (χ1v) is 15.5. The molecule has 36 heavy (non-hydrogen) atoms. The molecule has 2 aliphatic rings. The van der Waals surface area contributed by atoms with Crippen molar-refractivity contribution in [1.29, 1.82) is 0 Å². The SMILES string of the molecule is CCCC[C@H]1CC[C@H](c2ccc(CCc3ccc([C@H]4CC[C@H](CCCCCF)CC4)cc3)cc2)CC1. The van der Waals surface area contributed by atoms with Crippen molar-refractivity contribution < 1.29 is 4.39 Å². The summed E-state index contributed by atoms with van der Waals surface area (Å²) in [5.74, 6) is 3.41. The molecule has 0 aromatic heterocycles. The van der Waals surface area contributed by atoms with Gasteiger partial charge in [0.2, 0.25) is 0 Å². The Balaban J connectivity index is 1.17. The summed E-state index contributed by atoms with van der Waals surface area (Å²) in [5, 5.41) is 0. The van der Waals surface area contributed by atoms with Crippen LogP contribution < -0.4 is 0 Å². The first-order chi connectivity index (χ1) is 17.7. The van der Waals surface area contributed by atoms with Crippen molar-refractivity contribution in [2.45, 2.75) is 128 Å². The lowest BCUT2D eigenvalue weighted by Gasteiger charge is -2.29. The lowest BCUT2D eigenvalue weighted by molar-refractivity contribution is 0.300. The van der Waals surface area contributed by atoms with Gasteiger partial charge in [-0.1, -0.05) is 94.0 Å². The maximum absolute atomic E-state index is 12.3. The van der Waals surface area contributed by atoms with E-state index in [1.807, 2.05) is 0 Å². The maximum atomic E-state index is 12.3. The van der Waals surface area contributed by atoms with Gasteiger partial charge in [-0.2, -0.15) is 0 Å². The third-order valence-corrected chi connectivity index (χ3v) is 9.51. The molecule has 0 nitrogen and oxygen atoms in total. The molecule has 198 valence electrons. The largest absolute Gasteiger partial charge is 0.251 e. The van der Waals surface area contributed by atoms with Crippen LogP contribution in [-0.2, 0) is 12.8 Å². The van der Waals surface area contributed by atoms with Gasteiger partial charge in [0.15, 0.2) is 0 Å². The molecule has 0 aliphatic heterocycles. The van der Waals surface area contributed by atoms with Gasteiger partial charge in [-0.25, -0.2) is 0 Å². The second-order valence-corrected chi connectivity index (χ2v) is 12.1. The third-order valence-electron chi connectivity index (χ3n) is 9.51. The van der Waals surface area contributed by atoms with Crippen LogP contribution in [-0.4, -0.2) is 6.67 Å². The van der Waals surface area contributed by atoms with E-state index < -0.39 is 0 Å². The Morgan fingerprint density at radius 3 is 1.42 bits per heavy atom. The van der Waals surface area contributed by atoms with Gasteiger partial charge in [0.25, 0.3) is 0 Å². The van der Waals surface area contributed by atoms with Crippen molar-refractivity contribution in [3.8, 4) is 0 Å². The smallest absolute Gasteiger partial charge is 0.0894 e. The van der Waals surface area contributed by atoms with Gasteiger partial charge in [-0.15, -0.1) is 0 Å². The lowest BCUT2D eigenvalue weighted by Crippen LogP contribution is -2.13. The van der Waals surface area contributed by atoms with Crippen LogP contribution >= 0.6 is 0 Å². The minimum Gasteiger partial charge on any atom is -0.251 e. The molecule has 0 unspecified atom stereocenters. The highest BCUT2D eigenvalue weighted by atomic mass is 19.1. The molecule has 0 bridgehead atoms. The van der Waals surface area contributed by atoms with E-state index in [2.05, 4.69) is 55.5 Å². The van der Waals surface area contributed by atoms with Crippen LogP contribution in [0.25, 0.3) is 0 Å². The van der Waals surface area contributed by atoms with Crippen molar-refractivity contribution in [2.24, 2.45) is 11.8 Å². The van der Waals surface area contributed by atoms with Crippen molar-refractivity contribution in [3.63, 3.8) is 0 Å². The molecule has 1 heteroatoms. The first kappa shape index (κ1) is 27.4. The average Bonchev–Trinajstić information content (AvgIpc) is 2.94. The highest BCUT2D eigenvalue weighted by Gasteiger charge is 2.23. The topological polar surface area (TPSA) is 0 Å². The number of rotatable bonds is 13.